The lowest BCUT2D eigenvalue weighted by Crippen LogP contribution is -2.17. The van der Waals surface area contributed by atoms with Gasteiger partial charge in [0, 0.05) is 0 Å². The molecule has 0 bridgehead atoms. The van der Waals surface area contributed by atoms with E-state index in [0.29, 0.717) is 6.61 Å². The molecule has 0 saturated carbocycles. The number of rotatable bonds is 10. The summed E-state index contributed by atoms with van der Waals surface area (Å²) in [5, 5.41) is -0.247. The van der Waals surface area contributed by atoms with Gasteiger partial charge < -0.3 is 9.47 Å². The van der Waals surface area contributed by atoms with Crippen LogP contribution in [0.2, 0.25) is 0 Å². The Hall–Kier alpha value is -0.770. The molecule has 0 fully saturated rings. The van der Waals surface area contributed by atoms with Crippen molar-refractivity contribution in [2.45, 2.75) is 57.7 Å². The molecule has 4 nitrogen and oxygen atoms in total. The monoisotopic (exact) mass is 278 g/mol. The minimum atomic E-state index is -0.585. The fourth-order valence-corrected chi connectivity index (χ4v) is 1.38. The Bertz CT molecular complexity index is 241. The van der Waals surface area contributed by atoms with Crippen molar-refractivity contribution in [1.82, 2.24) is 0 Å². The fourth-order valence-electron chi connectivity index (χ4n) is 1.32. The van der Waals surface area contributed by atoms with Crippen LogP contribution in [0.5, 0.6) is 0 Å². The molecule has 0 spiro atoms. The molecule has 0 N–H and O–H groups in total. The zero-order valence-corrected chi connectivity index (χ0v) is 12.0. The highest BCUT2D eigenvalue weighted by atomic mass is 35.5. The molecule has 1 unspecified atom stereocenters. The van der Waals surface area contributed by atoms with Crippen LogP contribution in [0, 0.1) is 0 Å². The second-order valence-corrected chi connectivity index (χ2v) is 5.02. The zero-order chi connectivity index (χ0) is 13.8. The molecule has 0 rings (SSSR count). The van der Waals surface area contributed by atoms with Crippen molar-refractivity contribution in [3.05, 3.63) is 0 Å². The molecule has 0 aromatic heterocycles. The van der Waals surface area contributed by atoms with Gasteiger partial charge in [-0.05, 0) is 13.3 Å². The molecular weight excluding hydrogens is 256 g/mol. The Balaban J connectivity index is 3.44. The van der Waals surface area contributed by atoms with Crippen molar-refractivity contribution in [2.24, 2.45) is 0 Å². The average Bonchev–Trinajstić information content (AvgIpc) is 2.31. The number of carbonyl (C=O) groups is 2. The lowest BCUT2D eigenvalue weighted by atomic mass is 10.2. The number of hydrogen-bond acceptors (Lipinski definition) is 4. The molecule has 18 heavy (non-hydrogen) atoms. The molecule has 0 heterocycles. The first-order valence-corrected chi connectivity index (χ1v) is 6.95. The second kappa shape index (κ2) is 11.3. The van der Waals surface area contributed by atoms with Gasteiger partial charge >= 0.3 is 11.9 Å². The highest BCUT2D eigenvalue weighted by Crippen LogP contribution is 2.03. The van der Waals surface area contributed by atoms with Gasteiger partial charge in [0.2, 0.25) is 0 Å². The lowest BCUT2D eigenvalue weighted by Gasteiger charge is -2.06. The summed E-state index contributed by atoms with van der Waals surface area (Å²) >= 11 is 5.61. The minimum Gasteiger partial charge on any atom is -0.465 e. The summed E-state index contributed by atoms with van der Waals surface area (Å²) in [6.45, 7) is 4.35. The van der Waals surface area contributed by atoms with E-state index in [1.54, 1.807) is 6.92 Å². The van der Waals surface area contributed by atoms with Gasteiger partial charge in [0.25, 0.3) is 0 Å². The summed E-state index contributed by atoms with van der Waals surface area (Å²) in [5.41, 5.74) is 0. The van der Waals surface area contributed by atoms with Crippen molar-refractivity contribution >= 4 is 23.5 Å². The average molecular weight is 279 g/mol. The van der Waals surface area contributed by atoms with Gasteiger partial charge in [0.05, 0.1) is 12.0 Å². The summed E-state index contributed by atoms with van der Waals surface area (Å²) < 4.78 is 9.69. The van der Waals surface area contributed by atoms with Crippen LogP contribution >= 0.6 is 11.6 Å². The van der Waals surface area contributed by atoms with Gasteiger partial charge in [-0.3, -0.25) is 9.59 Å². The predicted molar refractivity (Wildman–Crippen MR) is 70.6 cm³/mol. The highest BCUT2D eigenvalue weighted by Gasteiger charge is 2.12. The third-order valence-electron chi connectivity index (χ3n) is 2.27. The standard InChI is InChI=1S/C13H23ClO4/c1-3-4-5-6-7-8-17-12(15)9-13(16)18-10-11(2)14/h11H,3-10H2,1-2H3. The largest absolute Gasteiger partial charge is 0.465 e. The number of unbranched alkanes of at least 4 members (excludes halogenated alkanes) is 4. The Morgan fingerprint density at radius 2 is 1.67 bits per heavy atom. The minimum absolute atomic E-state index is 0.116. The normalized spacial score (nSPS) is 11.9. The van der Waals surface area contributed by atoms with Gasteiger partial charge in [-0.15, -0.1) is 11.6 Å². The lowest BCUT2D eigenvalue weighted by molar-refractivity contribution is -0.154. The molecule has 0 saturated heterocycles. The van der Waals surface area contributed by atoms with Crippen LogP contribution in [-0.4, -0.2) is 30.5 Å². The number of ether oxygens (including phenoxy) is 2. The quantitative estimate of drug-likeness (QED) is 0.267. The van der Waals surface area contributed by atoms with Crippen molar-refractivity contribution in [3.63, 3.8) is 0 Å². The first-order valence-electron chi connectivity index (χ1n) is 6.51. The Morgan fingerprint density at radius 1 is 1.06 bits per heavy atom. The van der Waals surface area contributed by atoms with Crippen LogP contribution in [0.4, 0.5) is 0 Å². The van der Waals surface area contributed by atoms with Crippen molar-refractivity contribution in [3.8, 4) is 0 Å². The molecule has 1 atom stereocenters. The van der Waals surface area contributed by atoms with Crippen LogP contribution in [-0.2, 0) is 19.1 Å². The molecular formula is C13H23ClO4. The van der Waals surface area contributed by atoms with Gasteiger partial charge in [-0.25, -0.2) is 0 Å². The van der Waals surface area contributed by atoms with Gasteiger partial charge in [-0.2, -0.15) is 0 Å². The van der Waals surface area contributed by atoms with Crippen molar-refractivity contribution in [1.29, 1.82) is 0 Å². The molecule has 0 aliphatic carbocycles. The van der Waals surface area contributed by atoms with Gasteiger partial charge in [0.1, 0.15) is 13.0 Å². The van der Waals surface area contributed by atoms with E-state index in [0.717, 1.165) is 19.3 Å². The van der Waals surface area contributed by atoms with E-state index in [9.17, 15) is 9.59 Å². The first-order chi connectivity index (χ1) is 8.56. The summed E-state index contributed by atoms with van der Waals surface area (Å²) in [7, 11) is 0. The van der Waals surface area contributed by atoms with Crippen molar-refractivity contribution in [2.75, 3.05) is 13.2 Å². The zero-order valence-electron chi connectivity index (χ0n) is 11.2. The topological polar surface area (TPSA) is 52.6 Å². The van der Waals surface area contributed by atoms with Gasteiger partial charge in [0.15, 0.2) is 0 Å². The summed E-state index contributed by atoms with van der Waals surface area (Å²) in [6.07, 6.45) is 5.11. The predicted octanol–water partition coefficient (Wildman–Crippen LogP) is 3.06. The maximum atomic E-state index is 11.2. The van der Waals surface area contributed by atoms with E-state index in [1.807, 2.05) is 0 Å². The van der Waals surface area contributed by atoms with E-state index in [-0.39, 0.29) is 18.4 Å². The van der Waals surface area contributed by atoms with E-state index in [2.05, 4.69) is 6.92 Å². The molecule has 0 aliphatic heterocycles. The molecule has 5 heteroatoms. The highest BCUT2D eigenvalue weighted by molar-refractivity contribution is 6.20. The van der Waals surface area contributed by atoms with E-state index in [4.69, 9.17) is 21.1 Å². The van der Waals surface area contributed by atoms with E-state index >= 15 is 0 Å². The van der Waals surface area contributed by atoms with Crippen LogP contribution in [0.15, 0.2) is 0 Å². The van der Waals surface area contributed by atoms with Crippen LogP contribution in [0.25, 0.3) is 0 Å². The van der Waals surface area contributed by atoms with Crippen LogP contribution < -0.4 is 0 Å². The Kier molecular flexibility index (Phi) is 10.8. The molecule has 0 aromatic carbocycles. The third-order valence-corrected chi connectivity index (χ3v) is 2.40. The number of carbonyl (C=O) groups excluding carboxylic acids is 2. The summed E-state index contributed by atoms with van der Waals surface area (Å²) in [6, 6.07) is 0. The first kappa shape index (κ1) is 17.2. The van der Waals surface area contributed by atoms with Crippen molar-refractivity contribution < 1.29 is 19.1 Å². The van der Waals surface area contributed by atoms with Gasteiger partial charge in [-0.1, -0.05) is 32.6 Å². The number of hydrogen-bond donors (Lipinski definition) is 0. The third kappa shape index (κ3) is 11.7. The molecule has 0 aromatic rings. The number of halogens is 1. The molecule has 106 valence electrons. The fraction of sp³-hybridized carbons (Fsp3) is 0.846. The van der Waals surface area contributed by atoms with E-state index in [1.165, 1.54) is 12.8 Å². The summed E-state index contributed by atoms with van der Waals surface area (Å²) in [5.74, 6) is -1.11. The second-order valence-electron chi connectivity index (χ2n) is 4.28. The Morgan fingerprint density at radius 3 is 2.28 bits per heavy atom. The van der Waals surface area contributed by atoms with Crippen LogP contribution in [0.3, 0.4) is 0 Å². The molecule has 0 aliphatic rings. The maximum Gasteiger partial charge on any atom is 0.317 e. The Labute approximate surface area is 114 Å². The number of esters is 2. The maximum absolute atomic E-state index is 11.2. The SMILES string of the molecule is CCCCCCCOC(=O)CC(=O)OCC(C)Cl. The number of alkyl halides is 1. The van der Waals surface area contributed by atoms with Crippen LogP contribution in [0.1, 0.15) is 52.4 Å². The van der Waals surface area contributed by atoms with E-state index < -0.39 is 11.9 Å². The smallest absolute Gasteiger partial charge is 0.317 e. The molecule has 0 radical (unpaired) electrons. The summed E-state index contributed by atoms with van der Waals surface area (Å²) in [4.78, 5) is 22.4. The molecule has 0 amide bonds.